The topological polar surface area (TPSA) is 135 Å². The Morgan fingerprint density at radius 1 is 1.14 bits per heavy atom. The second kappa shape index (κ2) is 10.2. The maximum Gasteiger partial charge on any atom is 0.356 e. The van der Waals surface area contributed by atoms with E-state index < -0.39 is 35.5 Å². The smallest absolute Gasteiger partial charge is 0.356 e. The molecule has 14 heteroatoms. The van der Waals surface area contributed by atoms with E-state index in [1.165, 1.54) is 24.5 Å². The van der Waals surface area contributed by atoms with E-state index in [0.717, 1.165) is 16.7 Å². The summed E-state index contributed by atoms with van der Waals surface area (Å²) in [5.74, 6) is -2.70. The minimum atomic E-state index is -0.888. The van der Waals surface area contributed by atoms with E-state index in [1.807, 2.05) is 18.7 Å². The number of anilines is 2. The van der Waals surface area contributed by atoms with Crippen LogP contribution in [0.4, 0.5) is 20.3 Å². The third-order valence-corrected chi connectivity index (χ3v) is 8.09. The molecule has 1 aliphatic carbocycles. The van der Waals surface area contributed by atoms with Gasteiger partial charge in [-0.1, -0.05) is 26.5 Å². The molecule has 3 aliphatic rings. The molecule has 12 nitrogen and oxygen atoms in total. The molecule has 5 heterocycles. The van der Waals surface area contributed by atoms with Crippen LogP contribution in [0.3, 0.4) is 0 Å². The van der Waals surface area contributed by atoms with Crippen LogP contribution in [-0.2, 0) is 9.59 Å². The molecule has 1 aromatic carbocycles. The third-order valence-electron chi connectivity index (χ3n) is 8.09. The first-order valence-corrected chi connectivity index (χ1v) is 14.1. The first-order valence-electron chi connectivity index (χ1n) is 14.1. The van der Waals surface area contributed by atoms with Gasteiger partial charge in [-0.05, 0) is 36.6 Å². The van der Waals surface area contributed by atoms with Crippen molar-refractivity contribution in [2.24, 2.45) is 0 Å². The molecule has 0 unspecified atom stereocenters. The zero-order valence-corrected chi connectivity index (χ0v) is 23.8. The molecule has 2 aliphatic heterocycles. The van der Waals surface area contributed by atoms with Gasteiger partial charge in [0.25, 0.3) is 5.91 Å². The van der Waals surface area contributed by atoms with Crippen LogP contribution < -0.4 is 20.6 Å². The first kappa shape index (κ1) is 27.6. The van der Waals surface area contributed by atoms with Gasteiger partial charge in [-0.3, -0.25) is 9.59 Å². The number of benzene rings is 1. The van der Waals surface area contributed by atoms with Gasteiger partial charge in [0.15, 0.2) is 18.1 Å². The number of halogens is 2. The van der Waals surface area contributed by atoms with Crippen LogP contribution in [0.2, 0.25) is 0 Å². The highest BCUT2D eigenvalue weighted by Crippen LogP contribution is 2.42. The van der Waals surface area contributed by atoms with Gasteiger partial charge < -0.3 is 19.9 Å². The number of fused-ring (bicyclic) bond motifs is 6. The van der Waals surface area contributed by atoms with Crippen LogP contribution in [0, 0.1) is 11.6 Å². The number of hydrogen-bond donors (Lipinski definition) is 1. The number of rotatable bonds is 3. The van der Waals surface area contributed by atoms with Crippen LogP contribution in [0.5, 0.6) is 5.88 Å². The first-order chi connectivity index (χ1) is 21.2. The van der Waals surface area contributed by atoms with E-state index >= 15 is 8.78 Å². The number of amides is 2. The highest BCUT2D eigenvalue weighted by atomic mass is 19.1. The Hall–Kier alpha value is -5.27. The van der Waals surface area contributed by atoms with Crippen LogP contribution in [0.15, 0.2) is 48.0 Å². The fourth-order valence-corrected chi connectivity index (χ4v) is 6.04. The van der Waals surface area contributed by atoms with E-state index in [-0.39, 0.29) is 63.6 Å². The number of aromatic nitrogens is 5. The number of piperazine rings is 1. The molecular weight excluding hydrogens is 574 g/mol. The molecule has 1 saturated carbocycles. The number of nitrogens with one attached hydrogen (secondary N) is 1. The lowest BCUT2D eigenvalue weighted by molar-refractivity contribution is -0.127. The molecule has 1 N–H and O–H groups in total. The van der Waals surface area contributed by atoms with E-state index in [4.69, 9.17) is 4.74 Å². The Labute approximate surface area is 249 Å². The molecule has 44 heavy (non-hydrogen) atoms. The minimum absolute atomic E-state index is 0.0253. The van der Waals surface area contributed by atoms with Gasteiger partial charge in [0, 0.05) is 13.1 Å². The van der Waals surface area contributed by atoms with Gasteiger partial charge in [-0.25, -0.2) is 28.1 Å². The van der Waals surface area contributed by atoms with Crippen LogP contribution in [-0.4, -0.2) is 73.0 Å². The molecule has 0 radical (unpaired) electrons. The molecule has 3 aromatic heterocycles. The van der Waals surface area contributed by atoms with Crippen LogP contribution in [0.25, 0.3) is 28.0 Å². The fraction of sp³-hybridized carbons (Fsp3) is 0.300. The summed E-state index contributed by atoms with van der Waals surface area (Å²) < 4.78 is 38.4. The quantitative estimate of drug-likeness (QED) is 0.352. The minimum Gasteiger partial charge on any atom is -0.466 e. The second-order valence-corrected chi connectivity index (χ2v) is 11.1. The standard InChI is InChI=1S/C30H26F2N8O4/c1-4-22(42)38-8-9-39(20-11-19(20)38)27-15-10-17(32)25-23-16(31)6-5-7-18(23)35-21(41)12-44-29-26(24(14(2)3)33-13-34-29)40(28(15)36-25)30(43)37-27/h4-7,10,13-14,19-20H,1,8-9,11-12H2,2-3H3,(H,35,41)/t19-,20+/m0/s1. The third kappa shape index (κ3) is 4.28. The monoisotopic (exact) mass is 600 g/mol. The maximum absolute atomic E-state index is 16.1. The number of hydrogen-bond acceptors (Lipinski definition) is 9. The van der Waals surface area contributed by atoms with Gasteiger partial charge in [-0.2, -0.15) is 9.97 Å². The van der Waals surface area contributed by atoms with Crippen molar-refractivity contribution in [3.63, 3.8) is 0 Å². The SMILES string of the molecule is C=CC(=O)N1CCN(c2nc(=O)n3c4nc(c(F)cc24)-c2c(F)cccc2NC(=O)COc2ncnc(C(C)C)c2-3)[C@@H]2C[C@@H]21. The summed E-state index contributed by atoms with van der Waals surface area (Å²) >= 11 is 0. The lowest BCUT2D eigenvalue weighted by Gasteiger charge is -2.35. The zero-order chi connectivity index (χ0) is 30.9. The van der Waals surface area contributed by atoms with E-state index in [2.05, 4.69) is 31.8 Å². The highest BCUT2D eigenvalue weighted by Gasteiger charge is 2.51. The molecule has 1 saturated heterocycles. The van der Waals surface area contributed by atoms with Crippen molar-refractivity contribution < 1.29 is 23.1 Å². The fourth-order valence-electron chi connectivity index (χ4n) is 6.04. The van der Waals surface area contributed by atoms with Crippen molar-refractivity contribution in [2.45, 2.75) is 38.3 Å². The molecule has 2 fully saturated rings. The Balaban J connectivity index is 1.54. The summed E-state index contributed by atoms with van der Waals surface area (Å²) in [5.41, 5.74) is -1.05. The number of nitrogens with zero attached hydrogens (tertiary/aromatic N) is 7. The van der Waals surface area contributed by atoms with Crippen molar-refractivity contribution in [3.05, 3.63) is 71.1 Å². The van der Waals surface area contributed by atoms with E-state index in [1.54, 1.807) is 4.90 Å². The number of carbonyl (C=O) groups is 2. The van der Waals surface area contributed by atoms with Crippen molar-refractivity contribution >= 4 is 34.4 Å². The molecular formula is C30H26F2N8O4. The van der Waals surface area contributed by atoms with E-state index in [9.17, 15) is 14.4 Å². The van der Waals surface area contributed by atoms with Gasteiger partial charge in [0.05, 0.1) is 34.4 Å². The maximum atomic E-state index is 16.1. The second-order valence-electron chi connectivity index (χ2n) is 11.1. The average molecular weight is 601 g/mol. The molecule has 0 spiro atoms. The molecule has 7 rings (SSSR count). The summed E-state index contributed by atoms with van der Waals surface area (Å²) in [5, 5.41) is 2.75. The highest BCUT2D eigenvalue weighted by molar-refractivity contribution is 5.98. The number of pyridine rings is 1. The molecule has 2 atom stereocenters. The van der Waals surface area contributed by atoms with Crippen molar-refractivity contribution in [2.75, 3.05) is 29.9 Å². The number of ether oxygens (including phenoxy) is 1. The average Bonchev–Trinajstić information content (AvgIpc) is 3.80. The van der Waals surface area contributed by atoms with Crippen LogP contribution in [0.1, 0.15) is 31.9 Å². The number of carbonyl (C=O) groups excluding carboxylic acids is 2. The summed E-state index contributed by atoms with van der Waals surface area (Å²) in [6.45, 7) is 7.42. The predicted molar refractivity (Wildman–Crippen MR) is 156 cm³/mol. The lowest BCUT2D eigenvalue weighted by atomic mass is 10.1. The van der Waals surface area contributed by atoms with Crippen molar-refractivity contribution in [1.29, 1.82) is 0 Å². The Morgan fingerprint density at radius 2 is 1.95 bits per heavy atom. The summed E-state index contributed by atoms with van der Waals surface area (Å²) in [6, 6.07) is 4.83. The molecule has 2 amide bonds. The summed E-state index contributed by atoms with van der Waals surface area (Å²) in [7, 11) is 0. The zero-order valence-electron chi connectivity index (χ0n) is 23.8. The van der Waals surface area contributed by atoms with E-state index in [0.29, 0.717) is 25.2 Å². The Kier molecular flexibility index (Phi) is 6.37. The Morgan fingerprint density at radius 3 is 2.73 bits per heavy atom. The normalized spacial score (nSPS) is 18.9. The van der Waals surface area contributed by atoms with Gasteiger partial charge in [-0.15, -0.1) is 0 Å². The Bertz CT molecular complexity index is 1960. The van der Waals surface area contributed by atoms with Gasteiger partial charge in [0.1, 0.15) is 29.3 Å². The predicted octanol–water partition coefficient (Wildman–Crippen LogP) is 2.95. The summed E-state index contributed by atoms with van der Waals surface area (Å²) in [6.07, 6.45) is 3.16. The van der Waals surface area contributed by atoms with Gasteiger partial charge in [0.2, 0.25) is 11.8 Å². The van der Waals surface area contributed by atoms with Crippen molar-refractivity contribution in [1.82, 2.24) is 29.4 Å². The van der Waals surface area contributed by atoms with Gasteiger partial charge >= 0.3 is 5.69 Å². The van der Waals surface area contributed by atoms with Crippen molar-refractivity contribution in [3.8, 4) is 22.8 Å². The molecule has 2 bridgehead atoms. The lowest BCUT2D eigenvalue weighted by Crippen LogP contribution is -2.49. The largest absolute Gasteiger partial charge is 0.466 e. The van der Waals surface area contributed by atoms with Crippen LogP contribution >= 0.6 is 0 Å². The summed E-state index contributed by atoms with van der Waals surface area (Å²) in [4.78, 5) is 60.5. The molecule has 4 aromatic rings. The molecule has 224 valence electrons.